The van der Waals surface area contributed by atoms with Gasteiger partial charge in [0.15, 0.2) is 0 Å². The average molecular weight is 158 g/mol. The zero-order valence-electron chi connectivity index (χ0n) is 5.85. The minimum atomic E-state index is -2.58. The van der Waals surface area contributed by atoms with Crippen LogP contribution >= 0.6 is 0 Å². The Hall–Kier alpha value is -0.930. The molecular weight excluding hydrogens is 150 g/mol. The number of nitrogens with one attached hydrogen (secondary N) is 1. The molecule has 1 aliphatic heterocycles. The van der Waals surface area contributed by atoms with Crippen molar-refractivity contribution in [2.45, 2.75) is 18.4 Å². The Kier molecular flexibility index (Phi) is 0.998. The normalized spacial score (nSPS) is 44.0. The Morgan fingerprint density at radius 3 is 2.73 bits per heavy atom. The van der Waals surface area contributed by atoms with E-state index in [4.69, 9.17) is 0 Å². The maximum Gasteiger partial charge on any atom is 0.262 e. The maximum atomic E-state index is 12.8. The largest absolute Gasteiger partial charge is 0.302 e. The lowest BCUT2D eigenvalue weighted by molar-refractivity contribution is 0.0826. The van der Waals surface area contributed by atoms with Gasteiger partial charge in [-0.15, -0.1) is 6.58 Å². The molecule has 1 fully saturated rings. The van der Waals surface area contributed by atoms with Crippen molar-refractivity contribution in [3.8, 4) is 0 Å². The summed E-state index contributed by atoms with van der Waals surface area (Å²) in [5.41, 5.74) is 1.54. The van der Waals surface area contributed by atoms with Gasteiger partial charge in [0.2, 0.25) is 0 Å². The van der Waals surface area contributed by atoms with Crippen molar-refractivity contribution >= 4 is 6.21 Å². The Morgan fingerprint density at radius 1 is 1.73 bits per heavy atom. The van der Waals surface area contributed by atoms with Crippen LogP contribution in [0.5, 0.6) is 0 Å². The lowest BCUT2D eigenvalue weighted by Crippen LogP contribution is -2.30. The lowest BCUT2D eigenvalue weighted by Gasteiger charge is -2.11. The Labute approximate surface area is 63.0 Å². The smallest absolute Gasteiger partial charge is 0.262 e. The molecule has 4 heteroatoms. The molecule has 2 aliphatic rings. The highest BCUT2D eigenvalue weighted by atomic mass is 19.3. The summed E-state index contributed by atoms with van der Waals surface area (Å²) in [6, 6.07) is -0.391. The van der Waals surface area contributed by atoms with Gasteiger partial charge in [-0.3, -0.25) is 0 Å². The molecule has 1 saturated carbocycles. The van der Waals surface area contributed by atoms with E-state index in [2.05, 4.69) is 17.1 Å². The van der Waals surface area contributed by atoms with Gasteiger partial charge < -0.3 is 5.43 Å². The van der Waals surface area contributed by atoms with Gasteiger partial charge >= 0.3 is 0 Å². The first kappa shape index (κ1) is 6.76. The molecule has 2 atom stereocenters. The van der Waals surface area contributed by atoms with Gasteiger partial charge in [0.05, 0.1) is 6.04 Å². The zero-order valence-corrected chi connectivity index (χ0v) is 5.85. The van der Waals surface area contributed by atoms with Crippen LogP contribution in [0, 0.1) is 5.41 Å². The van der Waals surface area contributed by atoms with Crippen LogP contribution in [-0.2, 0) is 0 Å². The molecule has 0 radical (unpaired) electrons. The molecule has 11 heavy (non-hydrogen) atoms. The SMILES string of the molecule is C=CC1NN=CC12CC2(F)F. The van der Waals surface area contributed by atoms with Gasteiger partial charge in [-0.1, -0.05) is 6.08 Å². The summed E-state index contributed by atoms with van der Waals surface area (Å²) in [7, 11) is 0. The van der Waals surface area contributed by atoms with E-state index in [0.29, 0.717) is 0 Å². The van der Waals surface area contributed by atoms with E-state index >= 15 is 0 Å². The summed E-state index contributed by atoms with van der Waals surface area (Å²) < 4.78 is 25.5. The molecule has 0 aromatic heterocycles. The second-order valence-corrected chi connectivity index (χ2v) is 3.02. The van der Waals surface area contributed by atoms with Crippen LogP contribution in [0.2, 0.25) is 0 Å². The first-order valence-corrected chi connectivity index (χ1v) is 3.42. The second-order valence-electron chi connectivity index (χ2n) is 3.02. The van der Waals surface area contributed by atoms with Crippen molar-refractivity contribution in [3.05, 3.63) is 12.7 Å². The molecule has 0 amide bonds. The minimum Gasteiger partial charge on any atom is -0.302 e. The highest BCUT2D eigenvalue weighted by Gasteiger charge is 2.74. The molecular formula is C7H8F2N2. The molecule has 0 aromatic rings. The van der Waals surface area contributed by atoms with E-state index in [9.17, 15) is 8.78 Å². The van der Waals surface area contributed by atoms with E-state index in [1.807, 2.05) is 0 Å². The molecule has 2 nitrogen and oxygen atoms in total. The van der Waals surface area contributed by atoms with Crippen LogP contribution in [0.3, 0.4) is 0 Å². The highest BCUT2D eigenvalue weighted by molar-refractivity contribution is 5.76. The number of hydrazone groups is 1. The fourth-order valence-electron chi connectivity index (χ4n) is 1.49. The van der Waals surface area contributed by atoms with Crippen LogP contribution in [-0.4, -0.2) is 18.2 Å². The predicted molar refractivity (Wildman–Crippen MR) is 37.6 cm³/mol. The molecule has 1 spiro atoms. The van der Waals surface area contributed by atoms with E-state index in [1.165, 1.54) is 12.3 Å². The van der Waals surface area contributed by atoms with Crippen LogP contribution in [0.1, 0.15) is 6.42 Å². The first-order chi connectivity index (χ1) is 5.12. The molecule has 2 unspecified atom stereocenters. The van der Waals surface area contributed by atoms with Gasteiger partial charge in [0.1, 0.15) is 5.41 Å². The first-order valence-electron chi connectivity index (χ1n) is 3.42. The van der Waals surface area contributed by atoms with Crippen molar-refractivity contribution in [3.63, 3.8) is 0 Å². The molecule has 60 valence electrons. The molecule has 2 rings (SSSR count). The van der Waals surface area contributed by atoms with Crippen molar-refractivity contribution in [1.82, 2.24) is 5.43 Å². The number of nitrogens with zero attached hydrogens (tertiary/aromatic N) is 1. The van der Waals surface area contributed by atoms with E-state index < -0.39 is 17.4 Å². The standard InChI is InChI=1S/C7H8F2N2/c1-2-5-6(4-10-11-5)3-7(6,8)9/h2,4-5,11H,1,3H2. The quantitative estimate of drug-likeness (QED) is 0.569. The minimum absolute atomic E-state index is 0.104. The van der Waals surface area contributed by atoms with Crippen molar-refractivity contribution < 1.29 is 8.78 Å². The van der Waals surface area contributed by atoms with Crippen LogP contribution in [0.25, 0.3) is 0 Å². The number of hydrogen-bond donors (Lipinski definition) is 1. The fourth-order valence-corrected chi connectivity index (χ4v) is 1.49. The van der Waals surface area contributed by atoms with Crippen LogP contribution in [0.4, 0.5) is 8.78 Å². The molecule has 0 saturated heterocycles. The Bertz CT molecular complexity index is 237. The molecule has 0 aromatic carbocycles. The summed E-state index contributed by atoms with van der Waals surface area (Å²) in [6.45, 7) is 3.47. The summed E-state index contributed by atoms with van der Waals surface area (Å²) >= 11 is 0. The van der Waals surface area contributed by atoms with Gasteiger partial charge in [0.25, 0.3) is 5.92 Å². The third kappa shape index (κ3) is 0.619. The van der Waals surface area contributed by atoms with Crippen molar-refractivity contribution in [1.29, 1.82) is 0 Å². The van der Waals surface area contributed by atoms with E-state index in [-0.39, 0.29) is 6.42 Å². The van der Waals surface area contributed by atoms with E-state index in [1.54, 1.807) is 0 Å². The number of hydrogen-bond acceptors (Lipinski definition) is 2. The molecule has 1 aliphatic carbocycles. The highest BCUT2D eigenvalue weighted by Crippen LogP contribution is 2.62. The van der Waals surface area contributed by atoms with Crippen molar-refractivity contribution in [2.75, 3.05) is 0 Å². The monoisotopic (exact) mass is 158 g/mol. The van der Waals surface area contributed by atoms with Crippen LogP contribution in [0.15, 0.2) is 17.8 Å². The van der Waals surface area contributed by atoms with Gasteiger partial charge in [-0.2, -0.15) is 5.10 Å². The summed E-state index contributed by atoms with van der Waals surface area (Å²) in [4.78, 5) is 0. The topological polar surface area (TPSA) is 24.4 Å². The second kappa shape index (κ2) is 1.62. The van der Waals surface area contributed by atoms with Crippen molar-refractivity contribution in [2.24, 2.45) is 10.5 Å². The zero-order chi connectivity index (χ0) is 8.11. The summed E-state index contributed by atoms with van der Waals surface area (Å²) in [6.07, 6.45) is 2.68. The third-order valence-corrected chi connectivity index (χ3v) is 2.37. The maximum absolute atomic E-state index is 12.8. The number of rotatable bonds is 1. The number of halogens is 2. The number of alkyl halides is 2. The van der Waals surface area contributed by atoms with Crippen LogP contribution < -0.4 is 5.43 Å². The average Bonchev–Trinajstić information content (AvgIpc) is 2.38. The molecule has 1 N–H and O–H groups in total. The predicted octanol–water partition coefficient (Wildman–Crippen LogP) is 1.16. The molecule has 0 bridgehead atoms. The fraction of sp³-hybridized carbons (Fsp3) is 0.571. The van der Waals surface area contributed by atoms with Gasteiger partial charge in [0, 0.05) is 12.6 Å². The molecule has 1 heterocycles. The Balaban J connectivity index is 2.27. The summed E-state index contributed by atoms with van der Waals surface area (Å²) in [5.74, 6) is -2.58. The van der Waals surface area contributed by atoms with Gasteiger partial charge in [-0.25, -0.2) is 8.78 Å². The Morgan fingerprint density at radius 2 is 2.36 bits per heavy atom. The third-order valence-electron chi connectivity index (χ3n) is 2.37. The van der Waals surface area contributed by atoms with Gasteiger partial charge in [-0.05, 0) is 0 Å². The lowest BCUT2D eigenvalue weighted by atomic mass is 9.99. The summed E-state index contributed by atoms with van der Waals surface area (Å²) in [5, 5.41) is 3.62. The van der Waals surface area contributed by atoms with E-state index in [0.717, 1.165) is 0 Å².